The molecule has 2 rings (SSSR count). The summed E-state index contributed by atoms with van der Waals surface area (Å²) in [6.45, 7) is 2.73. The molecule has 0 aliphatic rings. The molecule has 1 heterocycles. The third-order valence-electron chi connectivity index (χ3n) is 2.76. The first-order chi connectivity index (χ1) is 9.17. The smallest absolute Gasteiger partial charge is 0.202 e. The summed E-state index contributed by atoms with van der Waals surface area (Å²) in [6.07, 6.45) is 1.46. The number of halogens is 1. The van der Waals surface area contributed by atoms with E-state index in [0.717, 1.165) is 17.1 Å². The Bertz CT molecular complexity index is 529. The van der Waals surface area contributed by atoms with Gasteiger partial charge in [0.05, 0.1) is 0 Å². The van der Waals surface area contributed by atoms with E-state index < -0.39 is 0 Å². The van der Waals surface area contributed by atoms with E-state index >= 15 is 0 Å². The minimum Gasteiger partial charge on any atom is -0.359 e. The fraction of sp³-hybridized carbons (Fsp3) is 0.385. The predicted octanol–water partition coefficient (Wildman–Crippen LogP) is 2.42. The standard InChI is InChI=1S/C13H17FN4S/c1-2-11(15)8-16-13-17-12(18-19-13)7-9-4-3-5-10(14)6-9/h3-6,11H,2,7-8,15H2,1H3,(H,16,17,18). The average Bonchev–Trinajstić information content (AvgIpc) is 2.83. The van der Waals surface area contributed by atoms with E-state index in [1.54, 1.807) is 6.07 Å². The summed E-state index contributed by atoms with van der Waals surface area (Å²) in [7, 11) is 0. The van der Waals surface area contributed by atoms with Gasteiger partial charge in [-0.1, -0.05) is 19.1 Å². The van der Waals surface area contributed by atoms with Gasteiger partial charge in [0.1, 0.15) is 11.6 Å². The number of rotatable bonds is 6. The molecule has 102 valence electrons. The molecular weight excluding hydrogens is 263 g/mol. The summed E-state index contributed by atoms with van der Waals surface area (Å²) in [5.41, 5.74) is 6.69. The molecule has 1 aromatic carbocycles. The monoisotopic (exact) mass is 280 g/mol. The van der Waals surface area contributed by atoms with Crippen LogP contribution in [0.1, 0.15) is 24.7 Å². The number of benzene rings is 1. The first-order valence-corrected chi connectivity index (χ1v) is 7.01. The minimum absolute atomic E-state index is 0.121. The van der Waals surface area contributed by atoms with Gasteiger partial charge < -0.3 is 11.1 Å². The van der Waals surface area contributed by atoms with Gasteiger partial charge in [0.15, 0.2) is 0 Å². The van der Waals surface area contributed by atoms with Crippen LogP contribution in [0, 0.1) is 5.82 Å². The molecule has 0 aliphatic carbocycles. The van der Waals surface area contributed by atoms with E-state index in [2.05, 4.69) is 14.7 Å². The Hall–Kier alpha value is -1.53. The first-order valence-electron chi connectivity index (χ1n) is 6.24. The van der Waals surface area contributed by atoms with Crippen LogP contribution in [-0.2, 0) is 6.42 Å². The molecule has 1 aromatic heterocycles. The number of hydrogen-bond donors (Lipinski definition) is 2. The fourth-order valence-corrected chi connectivity index (χ4v) is 2.18. The predicted molar refractivity (Wildman–Crippen MR) is 75.9 cm³/mol. The van der Waals surface area contributed by atoms with E-state index in [4.69, 9.17) is 5.73 Å². The molecule has 0 fully saturated rings. The van der Waals surface area contributed by atoms with Crippen molar-refractivity contribution in [1.29, 1.82) is 0 Å². The Morgan fingerprint density at radius 3 is 3.05 bits per heavy atom. The lowest BCUT2D eigenvalue weighted by Gasteiger charge is -2.07. The van der Waals surface area contributed by atoms with Crippen molar-refractivity contribution in [3.8, 4) is 0 Å². The lowest BCUT2D eigenvalue weighted by Crippen LogP contribution is -2.27. The van der Waals surface area contributed by atoms with Crippen molar-refractivity contribution < 1.29 is 4.39 Å². The van der Waals surface area contributed by atoms with Crippen LogP contribution in [0.3, 0.4) is 0 Å². The van der Waals surface area contributed by atoms with Crippen molar-refractivity contribution >= 4 is 16.7 Å². The van der Waals surface area contributed by atoms with Gasteiger partial charge in [0.2, 0.25) is 5.13 Å². The fourth-order valence-electron chi connectivity index (χ4n) is 1.59. The molecule has 0 spiro atoms. The lowest BCUT2D eigenvalue weighted by atomic mass is 10.1. The number of nitrogens with one attached hydrogen (secondary N) is 1. The molecule has 0 amide bonds. The highest BCUT2D eigenvalue weighted by Crippen LogP contribution is 2.14. The molecule has 0 bridgehead atoms. The average molecular weight is 280 g/mol. The SMILES string of the molecule is CCC(N)CNc1nc(Cc2cccc(F)c2)ns1. The molecule has 0 saturated heterocycles. The molecule has 19 heavy (non-hydrogen) atoms. The highest BCUT2D eigenvalue weighted by Gasteiger charge is 2.06. The van der Waals surface area contributed by atoms with Crippen LogP contribution < -0.4 is 11.1 Å². The van der Waals surface area contributed by atoms with E-state index in [1.807, 2.05) is 13.0 Å². The number of hydrogen-bond acceptors (Lipinski definition) is 5. The van der Waals surface area contributed by atoms with Crippen molar-refractivity contribution in [3.05, 3.63) is 41.5 Å². The maximum Gasteiger partial charge on any atom is 0.202 e. The van der Waals surface area contributed by atoms with Crippen LogP contribution in [0.2, 0.25) is 0 Å². The van der Waals surface area contributed by atoms with E-state index in [0.29, 0.717) is 18.8 Å². The lowest BCUT2D eigenvalue weighted by molar-refractivity contribution is 0.626. The molecule has 1 atom stereocenters. The summed E-state index contributed by atoms with van der Waals surface area (Å²) in [6, 6.07) is 6.61. The molecule has 2 aromatic rings. The van der Waals surface area contributed by atoms with Crippen molar-refractivity contribution in [1.82, 2.24) is 9.36 Å². The second kappa shape index (κ2) is 6.58. The zero-order valence-corrected chi connectivity index (χ0v) is 11.6. The van der Waals surface area contributed by atoms with Crippen LogP contribution in [0.4, 0.5) is 9.52 Å². The quantitative estimate of drug-likeness (QED) is 0.853. The van der Waals surface area contributed by atoms with Crippen LogP contribution in [0.5, 0.6) is 0 Å². The Morgan fingerprint density at radius 1 is 1.47 bits per heavy atom. The molecule has 0 aliphatic heterocycles. The summed E-state index contributed by atoms with van der Waals surface area (Å²) >= 11 is 1.30. The highest BCUT2D eigenvalue weighted by atomic mass is 32.1. The van der Waals surface area contributed by atoms with Gasteiger partial charge in [-0.3, -0.25) is 0 Å². The van der Waals surface area contributed by atoms with Crippen molar-refractivity contribution in [2.75, 3.05) is 11.9 Å². The van der Waals surface area contributed by atoms with Gasteiger partial charge in [0.25, 0.3) is 0 Å². The minimum atomic E-state index is -0.236. The zero-order valence-electron chi connectivity index (χ0n) is 10.8. The summed E-state index contributed by atoms with van der Waals surface area (Å²) in [4.78, 5) is 4.36. The van der Waals surface area contributed by atoms with Gasteiger partial charge in [0, 0.05) is 30.5 Å². The molecule has 3 N–H and O–H groups in total. The Morgan fingerprint density at radius 2 is 2.32 bits per heavy atom. The van der Waals surface area contributed by atoms with E-state index in [1.165, 1.54) is 23.7 Å². The summed E-state index contributed by atoms with van der Waals surface area (Å²) in [5.74, 6) is 0.461. The number of anilines is 1. The molecule has 4 nitrogen and oxygen atoms in total. The second-order valence-electron chi connectivity index (χ2n) is 4.37. The molecule has 0 radical (unpaired) electrons. The van der Waals surface area contributed by atoms with Crippen LogP contribution >= 0.6 is 11.5 Å². The Labute approximate surface area is 116 Å². The number of nitrogens with zero attached hydrogens (tertiary/aromatic N) is 2. The molecular formula is C13H17FN4S. The summed E-state index contributed by atoms with van der Waals surface area (Å²) < 4.78 is 17.3. The van der Waals surface area contributed by atoms with Gasteiger partial charge in [-0.05, 0) is 24.1 Å². The van der Waals surface area contributed by atoms with Crippen molar-refractivity contribution in [2.45, 2.75) is 25.8 Å². The van der Waals surface area contributed by atoms with E-state index in [9.17, 15) is 4.39 Å². The third-order valence-corrected chi connectivity index (χ3v) is 3.47. The maximum atomic E-state index is 13.1. The Balaban J connectivity index is 1.94. The van der Waals surface area contributed by atoms with Crippen molar-refractivity contribution in [2.24, 2.45) is 5.73 Å². The highest BCUT2D eigenvalue weighted by molar-refractivity contribution is 7.09. The van der Waals surface area contributed by atoms with Gasteiger partial charge in [-0.15, -0.1) is 0 Å². The van der Waals surface area contributed by atoms with Gasteiger partial charge in [-0.25, -0.2) is 9.37 Å². The topological polar surface area (TPSA) is 63.8 Å². The third kappa shape index (κ3) is 4.25. The van der Waals surface area contributed by atoms with Crippen molar-refractivity contribution in [3.63, 3.8) is 0 Å². The molecule has 1 unspecified atom stereocenters. The summed E-state index contributed by atoms with van der Waals surface area (Å²) in [5, 5.41) is 3.92. The van der Waals surface area contributed by atoms with Gasteiger partial charge >= 0.3 is 0 Å². The van der Waals surface area contributed by atoms with Crippen LogP contribution in [0.25, 0.3) is 0 Å². The molecule has 6 heteroatoms. The van der Waals surface area contributed by atoms with Crippen LogP contribution in [0.15, 0.2) is 24.3 Å². The maximum absolute atomic E-state index is 13.1. The number of nitrogens with two attached hydrogens (primary N) is 1. The zero-order chi connectivity index (χ0) is 13.7. The first kappa shape index (κ1) is 13.9. The second-order valence-corrected chi connectivity index (χ2v) is 5.12. The number of aromatic nitrogens is 2. The molecule has 0 saturated carbocycles. The Kier molecular flexibility index (Phi) is 4.81. The largest absolute Gasteiger partial charge is 0.359 e. The van der Waals surface area contributed by atoms with Crippen LogP contribution in [-0.4, -0.2) is 21.9 Å². The normalized spacial score (nSPS) is 12.4. The van der Waals surface area contributed by atoms with E-state index in [-0.39, 0.29) is 11.9 Å². The van der Waals surface area contributed by atoms with Gasteiger partial charge in [-0.2, -0.15) is 4.37 Å².